The fourth-order valence-electron chi connectivity index (χ4n) is 4.30. The van der Waals surface area contributed by atoms with E-state index in [0.29, 0.717) is 29.2 Å². The number of hydrogen-bond acceptors (Lipinski definition) is 5. The highest BCUT2D eigenvalue weighted by molar-refractivity contribution is 7.91. The molecule has 7 nitrogen and oxygen atoms in total. The number of aliphatic hydroxyl groups is 1. The van der Waals surface area contributed by atoms with Gasteiger partial charge >= 0.3 is 6.03 Å². The average molecular weight is 460 g/mol. The smallest absolute Gasteiger partial charge is 0.332 e. The Balaban J connectivity index is 1.58. The first kappa shape index (κ1) is 22.9. The van der Waals surface area contributed by atoms with Gasteiger partial charge < -0.3 is 14.8 Å². The Hall–Kier alpha value is -2.32. The molecule has 2 aliphatic rings. The molecule has 3 unspecified atom stereocenters. The van der Waals surface area contributed by atoms with E-state index in [1.54, 1.807) is 13.8 Å². The summed E-state index contributed by atoms with van der Waals surface area (Å²) in [5.74, 6) is 1.87. The van der Waals surface area contributed by atoms with Crippen LogP contribution in [-0.4, -0.2) is 15.3 Å². The summed E-state index contributed by atoms with van der Waals surface area (Å²) in [4.78, 5) is 12.9. The molecule has 0 spiro atoms. The summed E-state index contributed by atoms with van der Waals surface area (Å²) < 4.78 is 28.6. The lowest BCUT2D eigenvalue weighted by Crippen LogP contribution is -2.34. The highest BCUT2D eigenvalue weighted by Crippen LogP contribution is 2.49. The van der Waals surface area contributed by atoms with Crippen LogP contribution in [-0.2, 0) is 15.5 Å². The van der Waals surface area contributed by atoms with Gasteiger partial charge in [-0.3, -0.25) is 0 Å². The summed E-state index contributed by atoms with van der Waals surface area (Å²) >= 11 is 0. The van der Waals surface area contributed by atoms with Gasteiger partial charge in [-0.25, -0.2) is 18.5 Å². The number of benzene rings is 1. The van der Waals surface area contributed by atoms with Crippen molar-refractivity contribution in [3.05, 3.63) is 47.2 Å². The number of carbonyl (C=O) groups excluding carboxylic acids is 1. The summed E-state index contributed by atoms with van der Waals surface area (Å²) in [7, 11) is -3.73. The number of urea groups is 1. The first-order valence-corrected chi connectivity index (χ1v) is 12.8. The zero-order chi connectivity index (χ0) is 23.3. The summed E-state index contributed by atoms with van der Waals surface area (Å²) in [6.07, 6.45) is 6.02. The molecule has 2 fully saturated rings. The first-order valence-electron chi connectivity index (χ1n) is 11.3. The van der Waals surface area contributed by atoms with Crippen LogP contribution in [0, 0.1) is 16.6 Å². The van der Waals surface area contributed by atoms with Crippen molar-refractivity contribution in [1.29, 1.82) is 4.78 Å². The van der Waals surface area contributed by atoms with Gasteiger partial charge in [0.05, 0.1) is 11.9 Å². The lowest BCUT2D eigenvalue weighted by atomic mass is 9.87. The van der Waals surface area contributed by atoms with Crippen LogP contribution >= 0.6 is 0 Å². The number of rotatable bonds is 8. The lowest BCUT2D eigenvalue weighted by molar-refractivity contribution is 0.0779. The Morgan fingerprint density at radius 2 is 1.69 bits per heavy atom. The van der Waals surface area contributed by atoms with Crippen molar-refractivity contribution in [3.8, 4) is 0 Å². The van der Waals surface area contributed by atoms with Crippen molar-refractivity contribution in [1.82, 2.24) is 4.72 Å². The second-order valence-electron chi connectivity index (χ2n) is 9.89. The minimum atomic E-state index is -3.73. The molecular weight excluding hydrogens is 426 g/mol. The molecule has 0 radical (unpaired) electrons. The van der Waals surface area contributed by atoms with E-state index in [-0.39, 0.29) is 5.09 Å². The van der Waals surface area contributed by atoms with E-state index in [0.717, 1.165) is 16.8 Å². The van der Waals surface area contributed by atoms with Gasteiger partial charge in [-0.1, -0.05) is 32.0 Å². The summed E-state index contributed by atoms with van der Waals surface area (Å²) in [6, 6.07) is 6.81. The SMILES string of the molecule is CC(c1cccc(C(C)C2CC2)c1NC(=O)NS(=N)(=O)c1cc(C(C)(C)O)co1)C1CC1. The topological polar surface area (TPSA) is 115 Å². The van der Waals surface area contributed by atoms with Gasteiger partial charge in [0.25, 0.3) is 0 Å². The van der Waals surface area contributed by atoms with Crippen molar-refractivity contribution < 1.29 is 18.5 Å². The van der Waals surface area contributed by atoms with Crippen molar-refractivity contribution in [2.24, 2.45) is 11.8 Å². The van der Waals surface area contributed by atoms with Crippen LogP contribution in [0.3, 0.4) is 0 Å². The number of para-hydroxylation sites is 1. The molecule has 2 amide bonds. The van der Waals surface area contributed by atoms with Gasteiger partial charge in [0, 0.05) is 17.3 Å². The summed E-state index contributed by atoms with van der Waals surface area (Å²) in [6.45, 7) is 7.51. The number of carbonyl (C=O) groups is 1. The second kappa shape index (κ2) is 8.23. The molecule has 8 heteroatoms. The van der Waals surface area contributed by atoms with Crippen molar-refractivity contribution in [2.45, 2.75) is 75.9 Å². The Morgan fingerprint density at radius 1 is 1.16 bits per heavy atom. The van der Waals surface area contributed by atoms with E-state index in [4.69, 9.17) is 9.20 Å². The number of anilines is 1. The molecule has 2 aliphatic carbocycles. The Bertz CT molecular complexity index is 1070. The van der Waals surface area contributed by atoms with Crippen LogP contribution in [0.25, 0.3) is 0 Å². The highest BCUT2D eigenvalue weighted by Gasteiger charge is 2.35. The molecule has 1 aromatic carbocycles. The van der Waals surface area contributed by atoms with Gasteiger partial charge in [-0.15, -0.1) is 0 Å². The molecule has 2 aromatic rings. The van der Waals surface area contributed by atoms with E-state index in [9.17, 15) is 14.1 Å². The molecule has 32 heavy (non-hydrogen) atoms. The maximum Gasteiger partial charge on any atom is 0.332 e. The molecule has 3 atom stereocenters. The zero-order valence-corrected chi connectivity index (χ0v) is 19.9. The summed E-state index contributed by atoms with van der Waals surface area (Å²) in [5.41, 5.74) is 2.14. The van der Waals surface area contributed by atoms with Crippen LogP contribution < -0.4 is 10.0 Å². The quantitative estimate of drug-likeness (QED) is 0.407. The number of hydrogen-bond donors (Lipinski definition) is 4. The van der Waals surface area contributed by atoms with Gasteiger partial charge in [-0.05, 0) is 74.3 Å². The van der Waals surface area contributed by atoms with E-state index < -0.39 is 21.5 Å². The van der Waals surface area contributed by atoms with E-state index >= 15 is 0 Å². The van der Waals surface area contributed by atoms with E-state index in [1.165, 1.54) is 38.0 Å². The van der Waals surface area contributed by atoms with E-state index in [1.807, 2.05) is 0 Å². The molecule has 4 rings (SSSR count). The van der Waals surface area contributed by atoms with Crippen molar-refractivity contribution in [3.63, 3.8) is 0 Å². The Morgan fingerprint density at radius 3 is 2.12 bits per heavy atom. The lowest BCUT2D eigenvalue weighted by Gasteiger charge is -2.23. The predicted octanol–water partition coefficient (Wildman–Crippen LogP) is 5.68. The van der Waals surface area contributed by atoms with Crippen LogP contribution in [0.5, 0.6) is 0 Å². The minimum Gasteiger partial charge on any atom is -0.452 e. The second-order valence-corrected chi connectivity index (χ2v) is 11.6. The van der Waals surface area contributed by atoms with Crippen LogP contribution in [0.1, 0.15) is 81.9 Å². The third-order valence-electron chi connectivity index (χ3n) is 6.81. The molecule has 4 N–H and O–H groups in total. The van der Waals surface area contributed by atoms with Gasteiger partial charge in [0.1, 0.15) is 0 Å². The fourth-order valence-corrected chi connectivity index (χ4v) is 5.19. The molecule has 0 bridgehead atoms. The Kier molecular flexibility index (Phi) is 5.88. The molecule has 0 saturated heterocycles. The van der Waals surface area contributed by atoms with Gasteiger partial charge in [-0.2, -0.15) is 0 Å². The third-order valence-corrected chi connectivity index (χ3v) is 8.06. The fraction of sp³-hybridized carbons (Fsp3) is 0.542. The monoisotopic (exact) mass is 459 g/mol. The van der Waals surface area contributed by atoms with Crippen LogP contribution in [0.4, 0.5) is 10.5 Å². The molecular formula is C24H33N3O4S. The first-order chi connectivity index (χ1) is 15.0. The van der Waals surface area contributed by atoms with Crippen molar-refractivity contribution in [2.75, 3.05) is 5.32 Å². The maximum absolute atomic E-state index is 12.9. The molecule has 1 heterocycles. The third kappa shape index (κ3) is 4.86. The minimum absolute atomic E-state index is 0.198. The van der Waals surface area contributed by atoms with E-state index in [2.05, 4.69) is 42.1 Å². The van der Waals surface area contributed by atoms with Crippen LogP contribution in [0.15, 0.2) is 40.0 Å². The van der Waals surface area contributed by atoms with Gasteiger partial charge in [0.2, 0.25) is 5.09 Å². The molecule has 1 aromatic heterocycles. The zero-order valence-electron chi connectivity index (χ0n) is 19.1. The number of furan rings is 1. The average Bonchev–Trinajstić information content (AvgIpc) is 3.63. The molecule has 0 aliphatic heterocycles. The Labute approximate surface area is 190 Å². The highest BCUT2D eigenvalue weighted by atomic mass is 32.2. The molecule has 2 saturated carbocycles. The number of nitrogens with one attached hydrogen (secondary N) is 3. The standard InChI is InChI=1S/C24H33N3O4S/c1-14(16-8-9-16)19-6-5-7-20(15(2)17-10-11-17)22(19)26-23(28)27-32(25,30)21-12-18(13-31-21)24(3,4)29/h5-7,12-17,29H,8-11H2,1-4H3,(H3,25,26,27,28,30). The molecule has 174 valence electrons. The normalized spacial score (nSPS) is 20.3. The predicted molar refractivity (Wildman–Crippen MR) is 124 cm³/mol. The van der Waals surface area contributed by atoms with Crippen LogP contribution in [0.2, 0.25) is 0 Å². The number of amides is 2. The van der Waals surface area contributed by atoms with Gasteiger partial charge in [0.15, 0.2) is 9.92 Å². The summed E-state index contributed by atoms with van der Waals surface area (Å²) in [5, 5.41) is 12.8. The maximum atomic E-state index is 12.9. The largest absolute Gasteiger partial charge is 0.452 e. The van der Waals surface area contributed by atoms with Crippen molar-refractivity contribution >= 4 is 21.6 Å².